The van der Waals surface area contributed by atoms with Crippen LogP contribution in [-0.4, -0.2) is 0 Å². The van der Waals surface area contributed by atoms with Gasteiger partial charge in [0.15, 0.2) is 0 Å². The standard InChI is InChI=1S/C37H10F9N7/c1-16-2-17(4-21(3-16)35(38,39)40)31-26(13-51)22-7-23-25(8-24(22)33(31)19(9-47)10-48)34(20(11-49)12-50)32(27(23)14-52)18-5-29(36(41,42)43)28(15-53)30(6-18)37(44,45)46/h2-8H,1H3. The van der Waals surface area contributed by atoms with Gasteiger partial charge in [-0.05, 0) is 71.1 Å². The fourth-order valence-corrected chi connectivity index (χ4v) is 6.26. The van der Waals surface area contributed by atoms with Crippen LogP contribution in [-0.2, 0) is 18.5 Å². The predicted octanol–water partition coefficient (Wildman–Crippen LogP) is 9.42. The summed E-state index contributed by atoms with van der Waals surface area (Å²) in [6, 6.07) is 15.6. The minimum Gasteiger partial charge on any atom is -0.192 e. The zero-order valence-electron chi connectivity index (χ0n) is 26.1. The third-order valence-electron chi connectivity index (χ3n) is 8.25. The van der Waals surface area contributed by atoms with E-state index in [4.69, 9.17) is 0 Å². The van der Waals surface area contributed by atoms with Crippen LogP contribution in [0.5, 0.6) is 0 Å². The van der Waals surface area contributed by atoms with Gasteiger partial charge >= 0.3 is 18.5 Å². The molecule has 0 fully saturated rings. The minimum absolute atomic E-state index is 0.0593. The summed E-state index contributed by atoms with van der Waals surface area (Å²) in [5, 5.41) is 69.6. The smallest absolute Gasteiger partial charge is 0.192 e. The Kier molecular flexibility index (Phi) is 8.75. The number of allylic oxidation sites excluding steroid dienone is 8. The van der Waals surface area contributed by atoms with Crippen LogP contribution >= 0.6 is 0 Å². The molecular weight excluding hydrogens is 713 g/mol. The van der Waals surface area contributed by atoms with Crippen molar-refractivity contribution in [1.29, 1.82) is 36.8 Å². The molecule has 7 nitrogen and oxygen atoms in total. The average molecular weight is 724 g/mol. The molecule has 3 aromatic carbocycles. The SMILES string of the molecule is Cc1cc(C2=C(C#N)c3cc4c(cc3C2=C(C#N)C#N)C(=C(C#N)C#N)C(c2cc(C(F)(F)F)c(C#N)c(C(F)(F)F)c2)=C4C#N)cc(C(F)(F)F)c1. The number of halogens is 9. The largest absolute Gasteiger partial charge is 0.417 e. The van der Waals surface area contributed by atoms with Crippen molar-refractivity contribution in [3.05, 3.63) is 115 Å². The second-order valence-electron chi connectivity index (χ2n) is 11.3. The van der Waals surface area contributed by atoms with Crippen molar-refractivity contribution in [2.75, 3.05) is 0 Å². The van der Waals surface area contributed by atoms with E-state index < -0.39 is 79.8 Å². The number of hydrogen-bond donors (Lipinski definition) is 0. The second-order valence-corrected chi connectivity index (χ2v) is 11.3. The van der Waals surface area contributed by atoms with Crippen molar-refractivity contribution in [1.82, 2.24) is 0 Å². The van der Waals surface area contributed by atoms with Crippen LogP contribution in [0.2, 0.25) is 0 Å². The summed E-state index contributed by atoms with van der Waals surface area (Å²) in [4.78, 5) is 0. The number of rotatable bonds is 2. The summed E-state index contributed by atoms with van der Waals surface area (Å²) in [6.07, 6.45) is -16.0. The van der Waals surface area contributed by atoms with E-state index in [9.17, 15) is 76.3 Å². The van der Waals surface area contributed by atoms with Crippen molar-refractivity contribution in [2.45, 2.75) is 25.5 Å². The molecule has 2 aliphatic rings. The monoisotopic (exact) mass is 723 g/mol. The van der Waals surface area contributed by atoms with Crippen LogP contribution < -0.4 is 0 Å². The molecule has 0 N–H and O–H groups in total. The van der Waals surface area contributed by atoms with Gasteiger partial charge in [0.2, 0.25) is 0 Å². The third kappa shape index (κ3) is 5.90. The summed E-state index contributed by atoms with van der Waals surface area (Å²) < 4.78 is 126. The molecule has 0 bridgehead atoms. The normalized spacial score (nSPS) is 13.5. The van der Waals surface area contributed by atoms with E-state index in [0.717, 1.165) is 24.3 Å². The lowest BCUT2D eigenvalue weighted by Gasteiger charge is -2.18. The molecule has 0 amide bonds. The molecular formula is C37H10F9N7. The van der Waals surface area contributed by atoms with Crippen molar-refractivity contribution >= 4 is 33.4 Å². The fourth-order valence-electron chi connectivity index (χ4n) is 6.26. The first-order valence-corrected chi connectivity index (χ1v) is 14.3. The van der Waals surface area contributed by atoms with Crippen LogP contribution in [0.15, 0.2) is 53.6 Å². The van der Waals surface area contributed by atoms with Crippen LogP contribution in [0.3, 0.4) is 0 Å². The number of nitrogens with zero attached hydrogens (tertiary/aromatic N) is 7. The van der Waals surface area contributed by atoms with Gasteiger partial charge in [0.1, 0.15) is 53.6 Å². The maximum Gasteiger partial charge on any atom is 0.417 e. The molecule has 256 valence electrons. The van der Waals surface area contributed by atoms with E-state index in [1.54, 1.807) is 18.2 Å². The lowest BCUT2D eigenvalue weighted by molar-refractivity contribution is -0.143. The first-order chi connectivity index (χ1) is 24.8. The molecule has 0 saturated heterocycles. The molecule has 0 unspecified atom stereocenters. The van der Waals surface area contributed by atoms with Gasteiger partial charge < -0.3 is 0 Å². The van der Waals surface area contributed by atoms with Crippen molar-refractivity contribution in [3.8, 4) is 42.5 Å². The molecule has 0 aliphatic heterocycles. The van der Waals surface area contributed by atoms with E-state index >= 15 is 0 Å². The molecule has 2 aliphatic carbocycles. The van der Waals surface area contributed by atoms with Crippen LogP contribution in [0, 0.1) is 86.2 Å². The Hall–Kier alpha value is -7.58. The van der Waals surface area contributed by atoms with Gasteiger partial charge in [0.05, 0.1) is 33.4 Å². The van der Waals surface area contributed by atoms with Crippen molar-refractivity contribution in [3.63, 3.8) is 0 Å². The highest BCUT2D eigenvalue weighted by Crippen LogP contribution is 2.55. The Bertz CT molecular complexity index is 2580. The molecule has 0 saturated carbocycles. The minimum atomic E-state index is -5.55. The molecule has 16 heteroatoms. The van der Waals surface area contributed by atoms with Crippen molar-refractivity contribution in [2.24, 2.45) is 0 Å². The Morgan fingerprint density at radius 1 is 0.472 bits per heavy atom. The van der Waals surface area contributed by atoms with Gasteiger partial charge in [-0.1, -0.05) is 6.07 Å². The fraction of sp³-hybridized carbons (Fsp3) is 0.108. The molecule has 5 rings (SSSR count). The Morgan fingerprint density at radius 3 is 1.21 bits per heavy atom. The highest BCUT2D eigenvalue weighted by Gasteiger charge is 2.44. The van der Waals surface area contributed by atoms with Gasteiger partial charge in [-0.25, -0.2) is 0 Å². The molecule has 0 atom stereocenters. The Morgan fingerprint density at radius 2 is 0.868 bits per heavy atom. The van der Waals surface area contributed by atoms with Gasteiger partial charge in [0.25, 0.3) is 0 Å². The first-order valence-electron chi connectivity index (χ1n) is 14.3. The number of alkyl halides is 9. The second kappa shape index (κ2) is 12.6. The van der Waals surface area contributed by atoms with Gasteiger partial charge in [-0.15, -0.1) is 0 Å². The maximum atomic E-state index is 14.1. The third-order valence-corrected chi connectivity index (χ3v) is 8.25. The molecule has 0 radical (unpaired) electrons. The Balaban J connectivity index is 1.98. The quantitative estimate of drug-likeness (QED) is 0.188. The molecule has 53 heavy (non-hydrogen) atoms. The highest BCUT2D eigenvalue weighted by atomic mass is 19.4. The molecule has 0 heterocycles. The summed E-state index contributed by atoms with van der Waals surface area (Å²) in [5.41, 5.74) is -14.1. The summed E-state index contributed by atoms with van der Waals surface area (Å²) in [5.74, 6) is 0. The van der Waals surface area contributed by atoms with Gasteiger partial charge in [-0.2, -0.15) is 76.3 Å². The lowest BCUT2D eigenvalue weighted by atomic mass is 9.87. The average Bonchev–Trinajstić information content (AvgIpc) is 3.58. The van der Waals surface area contributed by atoms with E-state index in [2.05, 4.69) is 0 Å². The molecule has 0 aromatic heterocycles. The zero-order valence-corrected chi connectivity index (χ0v) is 26.1. The number of fused-ring (bicyclic) bond motifs is 2. The predicted molar refractivity (Wildman–Crippen MR) is 165 cm³/mol. The van der Waals surface area contributed by atoms with Crippen molar-refractivity contribution < 1.29 is 39.5 Å². The zero-order chi connectivity index (χ0) is 39.4. The van der Waals surface area contributed by atoms with Crippen LogP contribution in [0.25, 0.3) is 33.4 Å². The molecule has 0 spiro atoms. The number of benzene rings is 3. The summed E-state index contributed by atoms with van der Waals surface area (Å²) >= 11 is 0. The van der Waals surface area contributed by atoms with Gasteiger partial charge in [-0.3, -0.25) is 0 Å². The topological polar surface area (TPSA) is 167 Å². The number of aryl methyl sites for hydroxylation is 1. The van der Waals surface area contributed by atoms with E-state index in [1.165, 1.54) is 25.1 Å². The van der Waals surface area contributed by atoms with E-state index in [-0.39, 0.29) is 56.7 Å². The van der Waals surface area contributed by atoms with E-state index in [1.807, 2.05) is 6.07 Å². The lowest BCUT2D eigenvalue weighted by Crippen LogP contribution is -2.16. The first kappa shape index (κ1) is 36.7. The highest BCUT2D eigenvalue weighted by molar-refractivity contribution is 6.30. The van der Waals surface area contributed by atoms with Gasteiger partial charge in [0, 0.05) is 33.4 Å². The molecule has 3 aromatic rings. The summed E-state index contributed by atoms with van der Waals surface area (Å²) in [6.45, 7) is 1.31. The number of hydrogen-bond acceptors (Lipinski definition) is 7. The Labute approximate surface area is 292 Å². The van der Waals surface area contributed by atoms with E-state index in [0.29, 0.717) is 6.07 Å². The van der Waals surface area contributed by atoms with Crippen LogP contribution in [0.4, 0.5) is 39.5 Å². The number of nitriles is 7. The summed E-state index contributed by atoms with van der Waals surface area (Å²) in [7, 11) is 0. The van der Waals surface area contributed by atoms with Crippen LogP contribution in [0.1, 0.15) is 61.2 Å². The maximum absolute atomic E-state index is 14.1.